The van der Waals surface area contributed by atoms with Crippen molar-refractivity contribution in [3.63, 3.8) is 0 Å². The van der Waals surface area contributed by atoms with Gasteiger partial charge in [0.25, 0.3) is 0 Å². The van der Waals surface area contributed by atoms with Gasteiger partial charge in [-0.1, -0.05) is 6.42 Å². The molecule has 0 radical (unpaired) electrons. The topological polar surface area (TPSA) is 23.6 Å². The van der Waals surface area contributed by atoms with Gasteiger partial charge < -0.3 is 0 Å². The molecule has 0 aromatic rings. The minimum Gasteiger partial charge on any atom is -0.300 e. The largest absolute Gasteiger partial charge is 0.300 e. The van der Waals surface area contributed by atoms with Gasteiger partial charge in [0.15, 0.2) is 0 Å². The van der Waals surface area contributed by atoms with Crippen molar-refractivity contribution in [3.8, 4) is 0 Å². The Labute approximate surface area is 98.8 Å². The Morgan fingerprint density at radius 2 is 2.12 bits per heavy atom. The fraction of sp³-hybridized carbons (Fsp3) is 0.923. The van der Waals surface area contributed by atoms with E-state index in [1.807, 2.05) is 0 Å². The average molecular weight is 224 g/mol. The van der Waals surface area contributed by atoms with Crippen LogP contribution in [0.5, 0.6) is 0 Å². The number of rotatable bonds is 3. The smallest absolute Gasteiger partial charge is 0.131 e. The molecule has 2 heterocycles. The quantitative estimate of drug-likeness (QED) is 0.726. The molecular weight excluding hydrogens is 200 g/mol. The van der Waals surface area contributed by atoms with E-state index >= 15 is 0 Å². The standard InChI is InChI=1S/C13H24N2O/c1-11-9-15-7-4-3-5-13(15)10-14(11)8-6-12(2)16/h11,13H,3-10H2,1-2H3. The van der Waals surface area contributed by atoms with Gasteiger partial charge >= 0.3 is 0 Å². The molecule has 0 aliphatic carbocycles. The zero-order chi connectivity index (χ0) is 11.5. The molecule has 0 aromatic heterocycles. The summed E-state index contributed by atoms with van der Waals surface area (Å²) in [5.41, 5.74) is 0. The van der Waals surface area contributed by atoms with E-state index < -0.39 is 0 Å². The molecule has 92 valence electrons. The van der Waals surface area contributed by atoms with Crippen molar-refractivity contribution in [3.05, 3.63) is 0 Å². The molecule has 2 saturated heterocycles. The van der Waals surface area contributed by atoms with Crippen LogP contribution in [0.4, 0.5) is 0 Å². The van der Waals surface area contributed by atoms with Gasteiger partial charge in [0.2, 0.25) is 0 Å². The van der Waals surface area contributed by atoms with Crippen molar-refractivity contribution < 1.29 is 4.79 Å². The highest BCUT2D eigenvalue weighted by atomic mass is 16.1. The number of carbonyl (C=O) groups excluding carboxylic acids is 1. The van der Waals surface area contributed by atoms with Crippen LogP contribution in [-0.4, -0.2) is 53.8 Å². The molecule has 0 bridgehead atoms. The van der Waals surface area contributed by atoms with E-state index in [1.165, 1.54) is 38.9 Å². The van der Waals surface area contributed by atoms with E-state index in [4.69, 9.17) is 0 Å². The molecule has 0 amide bonds. The van der Waals surface area contributed by atoms with Crippen LogP contribution in [0.2, 0.25) is 0 Å². The summed E-state index contributed by atoms with van der Waals surface area (Å²) in [5.74, 6) is 0.318. The minimum absolute atomic E-state index is 0.318. The average Bonchev–Trinajstić information content (AvgIpc) is 2.26. The maximum Gasteiger partial charge on any atom is 0.131 e. The Morgan fingerprint density at radius 3 is 2.88 bits per heavy atom. The number of nitrogens with zero attached hydrogens (tertiary/aromatic N) is 2. The normalized spacial score (nSPS) is 32.4. The first-order valence-electron chi connectivity index (χ1n) is 6.64. The zero-order valence-electron chi connectivity index (χ0n) is 10.6. The lowest BCUT2D eigenvalue weighted by atomic mass is 9.97. The van der Waals surface area contributed by atoms with Crippen LogP contribution in [0.25, 0.3) is 0 Å². The van der Waals surface area contributed by atoms with Crippen molar-refractivity contribution in [1.29, 1.82) is 0 Å². The highest BCUT2D eigenvalue weighted by molar-refractivity contribution is 5.75. The Balaban J connectivity index is 1.87. The van der Waals surface area contributed by atoms with E-state index in [9.17, 15) is 4.79 Å². The van der Waals surface area contributed by atoms with E-state index in [0.29, 0.717) is 11.8 Å². The van der Waals surface area contributed by atoms with E-state index in [1.54, 1.807) is 6.92 Å². The van der Waals surface area contributed by atoms with Crippen molar-refractivity contribution in [2.24, 2.45) is 0 Å². The summed E-state index contributed by atoms with van der Waals surface area (Å²) >= 11 is 0. The first-order valence-corrected chi connectivity index (χ1v) is 6.64. The lowest BCUT2D eigenvalue weighted by Crippen LogP contribution is -2.58. The lowest BCUT2D eigenvalue weighted by Gasteiger charge is -2.47. The van der Waals surface area contributed by atoms with Crippen LogP contribution < -0.4 is 0 Å². The number of hydrogen-bond acceptors (Lipinski definition) is 3. The van der Waals surface area contributed by atoms with Crippen LogP contribution in [0, 0.1) is 0 Å². The first-order chi connectivity index (χ1) is 7.66. The van der Waals surface area contributed by atoms with Gasteiger partial charge in [-0.2, -0.15) is 0 Å². The van der Waals surface area contributed by atoms with Crippen molar-refractivity contribution in [1.82, 2.24) is 9.80 Å². The molecular formula is C13H24N2O. The molecule has 2 aliphatic heterocycles. The van der Waals surface area contributed by atoms with Crippen LogP contribution in [0.1, 0.15) is 39.5 Å². The van der Waals surface area contributed by atoms with E-state index in [-0.39, 0.29) is 0 Å². The molecule has 0 N–H and O–H groups in total. The van der Waals surface area contributed by atoms with E-state index in [2.05, 4.69) is 16.7 Å². The number of carbonyl (C=O) groups is 1. The predicted molar refractivity (Wildman–Crippen MR) is 65.5 cm³/mol. The van der Waals surface area contributed by atoms with Crippen molar-refractivity contribution in [2.45, 2.75) is 51.6 Å². The summed E-state index contributed by atoms with van der Waals surface area (Å²) in [5, 5.41) is 0. The Bertz CT molecular complexity index is 254. The van der Waals surface area contributed by atoms with Crippen LogP contribution in [0.3, 0.4) is 0 Å². The summed E-state index contributed by atoms with van der Waals surface area (Å²) in [4.78, 5) is 16.2. The molecule has 2 unspecified atom stereocenters. The summed E-state index contributed by atoms with van der Waals surface area (Å²) in [6, 6.07) is 1.38. The van der Waals surface area contributed by atoms with Crippen molar-refractivity contribution in [2.75, 3.05) is 26.2 Å². The number of piperazine rings is 1. The van der Waals surface area contributed by atoms with Crippen LogP contribution in [-0.2, 0) is 4.79 Å². The second-order valence-electron chi connectivity index (χ2n) is 5.44. The predicted octanol–water partition coefficient (Wildman–Crippen LogP) is 1.52. The lowest BCUT2D eigenvalue weighted by molar-refractivity contribution is -0.117. The molecule has 2 fully saturated rings. The van der Waals surface area contributed by atoms with Gasteiger partial charge in [-0.25, -0.2) is 0 Å². The number of hydrogen-bond donors (Lipinski definition) is 0. The highest BCUT2D eigenvalue weighted by Gasteiger charge is 2.32. The van der Waals surface area contributed by atoms with Crippen LogP contribution >= 0.6 is 0 Å². The number of piperidine rings is 1. The number of ketones is 1. The van der Waals surface area contributed by atoms with Gasteiger partial charge in [0.1, 0.15) is 5.78 Å². The van der Waals surface area contributed by atoms with Gasteiger partial charge in [-0.05, 0) is 33.2 Å². The third-order valence-corrected chi connectivity index (χ3v) is 4.07. The second-order valence-corrected chi connectivity index (χ2v) is 5.44. The summed E-state index contributed by atoms with van der Waals surface area (Å²) in [6.07, 6.45) is 4.83. The monoisotopic (exact) mass is 224 g/mol. The molecule has 3 nitrogen and oxygen atoms in total. The maximum atomic E-state index is 11.0. The van der Waals surface area contributed by atoms with Crippen LogP contribution in [0.15, 0.2) is 0 Å². The van der Waals surface area contributed by atoms with Gasteiger partial charge in [-0.15, -0.1) is 0 Å². The van der Waals surface area contributed by atoms with Gasteiger partial charge in [0, 0.05) is 38.1 Å². The molecule has 0 aromatic carbocycles. The summed E-state index contributed by atoms with van der Waals surface area (Å²) in [6.45, 7) is 8.61. The minimum atomic E-state index is 0.318. The fourth-order valence-electron chi connectivity index (χ4n) is 3.03. The Morgan fingerprint density at radius 1 is 1.31 bits per heavy atom. The second kappa shape index (κ2) is 5.28. The van der Waals surface area contributed by atoms with Gasteiger partial charge in [0.05, 0.1) is 0 Å². The molecule has 0 saturated carbocycles. The summed E-state index contributed by atoms with van der Waals surface area (Å²) in [7, 11) is 0. The first kappa shape index (κ1) is 12.1. The number of fused-ring (bicyclic) bond motifs is 1. The molecule has 0 spiro atoms. The summed E-state index contributed by atoms with van der Waals surface area (Å²) < 4.78 is 0. The fourth-order valence-corrected chi connectivity index (χ4v) is 3.03. The third kappa shape index (κ3) is 2.83. The zero-order valence-corrected chi connectivity index (χ0v) is 10.6. The van der Waals surface area contributed by atoms with Gasteiger partial charge in [-0.3, -0.25) is 14.6 Å². The molecule has 2 aliphatic rings. The van der Waals surface area contributed by atoms with E-state index in [0.717, 1.165) is 19.0 Å². The maximum absolute atomic E-state index is 11.0. The number of Topliss-reactive ketones (excluding diaryl/α,β-unsaturated/α-hetero) is 1. The molecule has 16 heavy (non-hydrogen) atoms. The molecule has 2 rings (SSSR count). The molecule has 2 atom stereocenters. The third-order valence-electron chi connectivity index (χ3n) is 4.07. The Kier molecular flexibility index (Phi) is 3.98. The highest BCUT2D eigenvalue weighted by Crippen LogP contribution is 2.23. The Hall–Kier alpha value is -0.410. The SMILES string of the molecule is CC(=O)CCN1CC2CCCCN2CC1C. The molecule has 3 heteroatoms. The van der Waals surface area contributed by atoms with Crippen molar-refractivity contribution >= 4 is 5.78 Å².